The summed E-state index contributed by atoms with van der Waals surface area (Å²) in [7, 11) is 3.31. The van der Waals surface area contributed by atoms with E-state index in [9.17, 15) is 0 Å². The Hall–Kier alpha value is -1.26. The third kappa shape index (κ3) is 3.35. The molecule has 1 unspecified atom stereocenters. The maximum absolute atomic E-state index is 5.64. The summed E-state index contributed by atoms with van der Waals surface area (Å²) in [4.78, 5) is 0. The third-order valence-corrected chi connectivity index (χ3v) is 2.72. The summed E-state index contributed by atoms with van der Waals surface area (Å²) < 4.78 is 10.8. The number of rotatable bonds is 6. The zero-order valence-electron chi connectivity index (χ0n) is 11.0. The molecule has 0 aliphatic rings. The molecule has 17 heavy (non-hydrogen) atoms. The largest absolute Gasteiger partial charge is 0.496 e. The highest BCUT2D eigenvalue weighted by molar-refractivity contribution is 5.46. The van der Waals surface area contributed by atoms with Gasteiger partial charge in [0, 0.05) is 0 Å². The molecular formula is C13H22N2O2. The molecule has 0 fully saturated rings. The molecule has 0 spiro atoms. The predicted molar refractivity (Wildman–Crippen MR) is 69.1 cm³/mol. The Morgan fingerprint density at radius 3 is 2.06 bits per heavy atom. The highest BCUT2D eigenvalue weighted by Gasteiger charge is 2.20. The molecule has 4 nitrogen and oxygen atoms in total. The maximum Gasteiger partial charge on any atom is 0.127 e. The molecule has 0 heterocycles. The van der Waals surface area contributed by atoms with Crippen LogP contribution in [-0.4, -0.2) is 14.2 Å². The lowest BCUT2D eigenvalue weighted by Crippen LogP contribution is -2.29. The smallest absolute Gasteiger partial charge is 0.127 e. The number of ether oxygens (including phenoxy) is 2. The zero-order valence-corrected chi connectivity index (χ0v) is 11.0. The van der Waals surface area contributed by atoms with Crippen LogP contribution in [-0.2, 0) is 0 Å². The van der Waals surface area contributed by atoms with Crippen LogP contribution in [0.5, 0.6) is 11.5 Å². The number of hydrazine groups is 1. The van der Waals surface area contributed by atoms with Gasteiger partial charge in [-0.3, -0.25) is 11.3 Å². The number of nitrogens with one attached hydrogen (secondary N) is 1. The summed E-state index contributed by atoms with van der Waals surface area (Å²) in [5.74, 6) is 7.77. The lowest BCUT2D eigenvalue weighted by atomic mass is 9.96. The lowest BCUT2D eigenvalue weighted by molar-refractivity contribution is 0.356. The first-order valence-corrected chi connectivity index (χ1v) is 5.81. The molecule has 1 aromatic rings. The molecule has 0 aliphatic heterocycles. The molecule has 96 valence electrons. The molecule has 1 rings (SSSR count). The highest BCUT2D eigenvalue weighted by Crippen LogP contribution is 2.36. The molecule has 1 aromatic carbocycles. The summed E-state index contributed by atoms with van der Waals surface area (Å²) in [5, 5.41) is 0. The molecule has 1 atom stereocenters. The Morgan fingerprint density at radius 2 is 1.71 bits per heavy atom. The van der Waals surface area contributed by atoms with Gasteiger partial charge in [-0.2, -0.15) is 0 Å². The fraction of sp³-hybridized carbons (Fsp3) is 0.538. The molecule has 0 radical (unpaired) electrons. The van der Waals surface area contributed by atoms with Gasteiger partial charge in [-0.1, -0.05) is 19.9 Å². The van der Waals surface area contributed by atoms with Crippen molar-refractivity contribution in [1.82, 2.24) is 5.43 Å². The van der Waals surface area contributed by atoms with Crippen LogP contribution in [0.15, 0.2) is 18.2 Å². The fourth-order valence-electron chi connectivity index (χ4n) is 1.96. The molecule has 0 bridgehead atoms. The van der Waals surface area contributed by atoms with E-state index in [1.165, 1.54) is 0 Å². The van der Waals surface area contributed by atoms with Gasteiger partial charge in [-0.25, -0.2) is 0 Å². The van der Waals surface area contributed by atoms with Crippen molar-refractivity contribution in [2.75, 3.05) is 14.2 Å². The molecule has 0 saturated heterocycles. The summed E-state index contributed by atoms with van der Waals surface area (Å²) in [5.41, 5.74) is 3.82. The third-order valence-electron chi connectivity index (χ3n) is 2.72. The van der Waals surface area contributed by atoms with Gasteiger partial charge in [0.05, 0.1) is 25.8 Å². The summed E-state index contributed by atoms with van der Waals surface area (Å²) in [6.45, 7) is 4.32. The molecule has 0 saturated carbocycles. The molecular weight excluding hydrogens is 216 g/mol. The van der Waals surface area contributed by atoms with E-state index in [2.05, 4.69) is 19.3 Å². The van der Waals surface area contributed by atoms with E-state index in [0.29, 0.717) is 5.92 Å². The lowest BCUT2D eigenvalue weighted by Gasteiger charge is -2.22. The molecule has 0 amide bonds. The number of hydrogen-bond donors (Lipinski definition) is 2. The van der Waals surface area contributed by atoms with E-state index in [4.69, 9.17) is 15.3 Å². The van der Waals surface area contributed by atoms with Crippen LogP contribution >= 0.6 is 0 Å². The zero-order chi connectivity index (χ0) is 12.8. The maximum atomic E-state index is 5.64. The highest BCUT2D eigenvalue weighted by atomic mass is 16.5. The van der Waals surface area contributed by atoms with Gasteiger partial charge in [-0.15, -0.1) is 0 Å². The average Bonchev–Trinajstić information content (AvgIpc) is 2.34. The number of methoxy groups -OCH3 is 2. The van der Waals surface area contributed by atoms with Crippen molar-refractivity contribution in [3.8, 4) is 11.5 Å². The minimum absolute atomic E-state index is 0.0288. The molecule has 0 aliphatic carbocycles. The Labute approximate surface area is 103 Å². The Kier molecular flexibility index (Phi) is 5.25. The van der Waals surface area contributed by atoms with Crippen LogP contribution in [0.1, 0.15) is 31.9 Å². The van der Waals surface area contributed by atoms with Gasteiger partial charge >= 0.3 is 0 Å². The SMILES string of the molecule is COc1cccc(OC)c1C(CC(C)C)NN. The number of nitrogens with two attached hydrogens (primary N) is 1. The second-order valence-corrected chi connectivity index (χ2v) is 4.43. The monoisotopic (exact) mass is 238 g/mol. The Balaban J connectivity index is 3.14. The summed E-state index contributed by atoms with van der Waals surface area (Å²) in [6, 6.07) is 5.77. The van der Waals surface area contributed by atoms with Crippen molar-refractivity contribution in [3.05, 3.63) is 23.8 Å². The normalized spacial score (nSPS) is 12.6. The van der Waals surface area contributed by atoms with Crippen LogP contribution in [0, 0.1) is 5.92 Å². The molecule has 4 heteroatoms. The Bertz CT molecular complexity index is 331. The second-order valence-electron chi connectivity index (χ2n) is 4.43. The van der Waals surface area contributed by atoms with Gasteiger partial charge in [0.25, 0.3) is 0 Å². The van der Waals surface area contributed by atoms with Crippen molar-refractivity contribution in [2.24, 2.45) is 11.8 Å². The van der Waals surface area contributed by atoms with Crippen molar-refractivity contribution < 1.29 is 9.47 Å². The van der Waals surface area contributed by atoms with Gasteiger partial charge in [0.15, 0.2) is 0 Å². The fourth-order valence-corrected chi connectivity index (χ4v) is 1.96. The van der Waals surface area contributed by atoms with Gasteiger partial charge in [0.1, 0.15) is 11.5 Å². The van der Waals surface area contributed by atoms with Gasteiger partial charge in [0.2, 0.25) is 0 Å². The van der Waals surface area contributed by atoms with Crippen molar-refractivity contribution in [3.63, 3.8) is 0 Å². The first kappa shape index (κ1) is 13.8. The minimum atomic E-state index is 0.0288. The number of benzene rings is 1. The van der Waals surface area contributed by atoms with E-state index >= 15 is 0 Å². The first-order valence-electron chi connectivity index (χ1n) is 5.81. The Morgan fingerprint density at radius 1 is 1.18 bits per heavy atom. The van der Waals surface area contributed by atoms with Gasteiger partial charge < -0.3 is 9.47 Å². The topological polar surface area (TPSA) is 56.5 Å². The van der Waals surface area contributed by atoms with Crippen LogP contribution < -0.4 is 20.7 Å². The first-order chi connectivity index (χ1) is 8.13. The second kappa shape index (κ2) is 6.47. The van der Waals surface area contributed by atoms with E-state index in [0.717, 1.165) is 23.5 Å². The molecule has 3 N–H and O–H groups in total. The van der Waals surface area contributed by atoms with Crippen molar-refractivity contribution in [1.29, 1.82) is 0 Å². The van der Waals surface area contributed by atoms with E-state index in [1.807, 2.05) is 18.2 Å². The molecule has 0 aromatic heterocycles. The average molecular weight is 238 g/mol. The van der Waals surface area contributed by atoms with E-state index in [1.54, 1.807) is 14.2 Å². The predicted octanol–water partition coefficient (Wildman–Crippen LogP) is 2.25. The van der Waals surface area contributed by atoms with Crippen molar-refractivity contribution in [2.45, 2.75) is 26.3 Å². The summed E-state index contributed by atoms with van der Waals surface area (Å²) >= 11 is 0. The standard InChI is InChI=1S/C13H22N2O2/c1-9(2)8-10(15-14)13-11(16-3)6-5-7-12(13)17-4/h5-7,9-10,15H,8,14H2,1-4H3. The van der Waals surface area contributed by atoms with Crippen LogP contribution in [0.4, 0.5) is 0 Å². The van der Waals surface area contributed by atoms with Crippen LogP contribution in [0.25, 0.3) is 0 Å². The quantitative estimate of drug-likeness (QED) is 0.589. The van der Waals surface area contributed by atoms with E-state index < -0.39 is 0 Å². The summed E-state index contributed by atoms with van der Waals surface area (Å²) in [6.07, 6.45) is 0.924. The number of hydrogen-bond acceptors (Lipinski definition) is 4. The van der Waals surface area contributed by atoms with Crippen LogP contribution in [0.2, 0.25) is 0 Å². The minimum Gasteiger partial charge on any atom is -0.496 e. The van der Waals surface area contributed by atoms with Gasteiger partial charge in [-0.05, 0) is 24.5 Å². The van der Waals surface area contributed by atoms with Crippen molar-refractivity contribution >= 4 is 0 Å². The van der Waals surface area contributed by atoms with Crippen LogP contribution in [0.3, 0.4) is 0 Å². The van der Waals surface area contributed by atoms with E-state index in [-0.39, 0.29) is 6.04 Å².